The first-order valence-corrected chi connectivity index (χ1v) is 5.96. The number of amides is 1. The lowest BCUT2D eigenvalue weighted by Gasteiger charge is -2.20. The van der Waals surface area contributed by atoms with Crippen molar-refractivity contribution in [2.45, 2.75) is 32.6 Å². The van der Waals surface area contributed by atoms with E-state index in [4.69, 9.17) is 0 Å². The zero-order chi connectivity index (χ0) is 13.5. The maximum atomic E-state index is 11.9. The third kappa shape index (κ3) is 1.85. The van der Waals surface area contributed by atoms with Crippen molar-refractivity contribution in [2.24, 2.45) is 0 Å². The average molecular weight is 248 g/mol. The Labute approximate surface area is 106 Å². The minimum Gasteiger partial charge on any atom is -0.311 e. The van der Waals surface area contributed by atoms with Gasteiger partial charge < -0.3 is 4.90 Å². The molecule has 0 fully saturated rings. The van der Waals surface area contributed by atoms with Crippen LogP contribution in [0.1, 0.15) is 32.8 Å². The number of carbonyl (C=O) groups is 1. The van der Waals surface area contributed by atoms with E-state index in [0.717, 1.165) is 11.3 Å². The number of rotatable bonds is 2. The molecule has 5 heteroatoms. The minimum absolute atomic E-state index is 0.0516. The van der Waals surface area contributed by atoms with Gasteiger partial charge in [0.25, 0.3) is 5.69 Å². The van der Waals surface area contributed by atoms with Gasteiger partial charge in [-0.15, -0.1) is 0 Å². The first-order valence-electron chi connectivity index (χ1n) is 5.96. The van der Waals surface area contributed by atoms with Crippen LogP contribution in [0.2, 0.25) is 0 Å². The molecular formula is C13H16N2O3. The first kappa shape index (κ1) is 12.5. The number of fused-ring (bicyclic) bond motifs is 1. The van der Waals surface area contributed by atoms with Crippen LogP contribution in [-0.4, -0.2) is 17.4 Å². The van der Waals surface area contributed by atoms with Gasteiger partial charge in [-0.05, 0) is 11.6 Å². The molecule has 0 aliphatic carbocycles. The topological polar surface area (TPSA) is 63.5 Å². The van der Waals surface area contributed by atoms with Crippen LogP contribution < -0.4 is 4.90 Å². The number of hydrogen-bond donors (Lipinski definition) is 0. The largest absolute Gasteiger partial charge is 0.311 e. The van der Waals surface area contributed by atoms with Gasteiger partial charge in [-0.2, -0.15) is 0 Å². The van der Waals surface area contributed by atoms with Gasteiger partial charge in [-0.3, -0.25) is 14.9 Å². The SMILES string of the molecule is CCC(=O)N1CC(C)(C)c2cc([N+](=O)[O-])ccc21. The van der Waals surface area contributed by atoms with Gasteiger partial charge in [0.1, 0.15) is 0 Å². The molecule has 96 valence electrons. The average Bonchev–Trinajstić information content (AvgIpc) is 2.60. The number of nitro benzene ring substituents is 1. The lowest BCUT2D eigenvalue weighted by molar-refractivity contribution is -0.384. The van der Waals surface area contributed by atoms with Crippen LogP contribution in [0.5, 0.6) is 0 Å². The molecule has 1 aliphatic rings. The normalized spacial score (nSPS) is 16.5. The van der Waals surface area contributed by atoms with E-state index in [1.165, 1.54) is 6.07 Å². The van der Waals surface area contributed by atoms with Crippen LogP contribution >= 0.6 is 0 Å². The van der Waals surface area contributed by atoms with Gasteiger partial charge in [0.15, 0.2) is 0 Å². The Morgan fingerprint density at radius 3 is 2.72 bits per heavy atom. The fourth-order valence-corrected chi connectivity index (χ4v) is 2.39. The van der Waals surface area contributed by atoms with E-state index in [2.05, 4.69) is 0 Å². The third-order valence-electron chi connectivity index (χ3n) is 3.37. The molecule has 0 spiro atoms. The van der Waals surface area contributed by atoms with Crippen LogP contribution in [0.3, 0.4) is 0 Å². The summed E-state index contributed by atoms with van der Waals surface area (Å²) in [6.45, 7) is 6.39. The molecule has 1 amide bonds. The van der Waals surface area contributed by atoms with Crippen molar-refractivity contribution in [1.82, 2.24) is 0 Å². The van der Waals surface area contributed by atoms with E-state index in [0.29, 0.717) is 13.0 Å². The van der Waals surface area contributed by atoms with E-state index in [1.807, 2.05) is 20.8 Å². The van der Waals surface area contributed by atoms with Crippen LogP contribution in [0.15, 0.2) is 18.2 Å². The molecule has 0 saturated heterocycles. The van der Waals surface area contributed by atoms with Gasteiger partial charge in [0.2, 0.25) is 5.91 Å². The Morgan fingerprint density at radius 1 is 1.50 bits per heavy atom. The van der Waals surface area contributed by atoms with Gasteiger partial charge in [-0.25, -0.2) is 0 Å². The second-order valence-electron chi connectivity index (χ2n) is 5.18. The molecular weight excluding hydrogens is 232 g/mol. The summed E-state index contributed by atoms with van der Waals surface area (Å²) >= 11 is 0. The Balaban J connectivity index is 2.53. The number of non-ortho nitro benzene ring substituents is 1. The maximum Gasteiger partial charge on any atom is 0.269 e. The molecule has 0 bridgehead atoms. The zero-order valence-electron chi connectivity index (χ0n) is 10.8. The Hall–Kier alpha value is -1.91. The number of hydrogen-bond acceptors (Lipinski definition) is 3. The number of anilines is 1. The van der Waals surface area contributed by atoms with Gasteiger partial charge >= 0.3 is 0 Å². The summed E-state index contributed by atoms with van der Waals surface area (Å²) in [5.74, 6) is 0.0516. The third-order valence-corrected chi connectivity index (χ3v) is 3.37. The van der Waals surface area contributed by atoms with Crippen molar-refractivity contribution < 1.29 is 9.72 Å². The van der Waals surface area contributed by atoms with Crippen LogP contribution in [0.25, 0.3) is 0 Å². The molecule has 5 nitrogen and oxygen atoms in total. The number of nitro groups is 1. The Kier molecular flexibility index (Phi) is 2.84. The lowest BCUT2D eigenvalue weighted by atomic mass is 9.87. The predicted molar refractivity (Wildman–Crippen MR) is 68.8 cm³/mol. The molecule has 1 aromatic carbocycles. The highest BCUT2D eigenvalue weighted by atomic mass is 16.6. The highest BCUT2D eigenvalue weighted by molar-refractivity contribution is 5.96. The lowest BCUT2D eigenvalue weighted by Crippen LogP contribution is -2.33. The van der Waals surface area contributed by atoms with Crippen LogP contribution in [0.4, 0.5) is 11.4 Å². The predicted octanol–water partition coefficient (Wildman–Crippen LogP) is 2.63. The molecule has 0 aromatic heterocycles. The Morgan fingerprint density at radius 2 is 2.17 bits per heavy atom. The van der Waals surface area contributed by atoms with Crippen molar-refractivity contribution in [1.29, 1.82) is 0 Å². The van der Waals surface area contributed by atoms with Crippen molar-refractivity contribution in [3.05, 3.63) is 33.9 Å². The fourth-order valence-electron chi connectivity index (χ4n) is 2.39. The summed E-state index contributed by atoms with van der Waals surface area (Å²) in [4.78, 5) is 24.0. The standard InChI is InChI=1S/C13H16N2O3/c1-4-12(16)14-8-13(2,3)10-7-9(15(17)18)5-6-11(10)14/h5-7H,4,8H2,1-3H3. The summed E-state index contributed by atoms with van der Waals surface area (Å²) in [5, 5.41) is 10.8. The molecule has 1 heterocycles. The quantitative estimate of drug-likeness (QED) is 0.597. The maximum absolute atomic E-state index is 11.9. The smallest absolute Gasteiger partial charge is 0.269 e. The molecule has 18 heavy (non-hydrogen) atoms. The molecule has 1 aromatic rings. The van der Waals surface area contributed by atoms with E-state index in [9.17, 15) is 14.9 Å². The number of benzene rings is 1. The molecule has 2 rings (SSSR count). The minimum atomic E-state index is -0.402. The molecule has 0 unspecified atom stereocenters. The van der Waals surface area contributed by atoms with Crippen molar-refractivity contribution in [2.75, 3.05) is 11.4 Å². The fraction of sp³-hybridized carbons (Fsp3) is 0.462. The highest BCUT2D eigenvalue weighted by Crippen LogP contribution is 2.42. The van der Waals surface area contributed by atoms with E-state index < -0.39 is 4.92 Å². The second kappa shape index (κ2) is 4.08. The van der Waals surface area contributed by atoms with Crippen molar-refractivity contribution in [3.8, 4) is 0 Å². The Bertz CT molecular complexity index is 523. The van der Waals surface area contributed by atoms with Gasteiger partial charge in [0.05, 0.1) is 4.92 Å². The zero-order valence-corrected chi connectivity index (χ0v) is 10.8. The van der Waals surface area contributed by atoms with E-state index in [1.54, 1.807) is 17.0 Å². The molecule has 0 saturated carbocycles. The highest BCUT2D eigenvalue weighted by Gasteiger charge is 2.38. The van der Waals surface area contributed by atoms with E-state index in [-0.39, 0.29) is 17.0 Å². The summed E-state index contributed by atoms with van der Waals surface area (Å²) in [6.07, 6.45) is 0.437. The monoisotopic (exact) mass is 248 g/mol. The molecule has 0 N–H and O–H groups in total. The summed E-state index contributed by atoms with van der Waals surface area (Å²) in [6, 6.07) is 4.71. The van der Waals surface area contributed by atoms with Crippen LogP contribution in [-0.2, 0) is 10.2 Å². The molecule has 0 atom stereocenters. The molecule has 1 aliphatic heterocycles. The second-order valence-corrected chi connectivity index (χ2v) is 5.18. The van der Waals surface area contributed by atoms with Crippen molar-refractivity contribution >= 4 is 17.3 Å². The number of carbonyl (C=O) groups excluding carboxylic acids is 1. The number of nitrogens with zero attached hydrogens (tertiary/aromatic N) is 2. The molecule has 0 radical (unpaired) electrons. The van der Waals surface area contributed by atoms with Crippen LogP contribution in [0, 0.1) is 10.1 Å². The summed E-state index contributed by atoms with van der Waals surface area (Å²) in [7, 11) is 0. The first-order chi connectivity index (χ1) is 8.36. The van der Waals surface area contributed by atoms with Gasteiger partial charge in [-0.1, -0.05) is 20.8 Å². The van der Waals surface area contributed by atoms with Gasteiger partial charge in [0, 0.05) is 36.2 Å². The van der Waals surface area contributed by atoms with Crippen molar-refractivity contribution in [3.63, 3.8) is 0 Å². The van der Waals surface area contributed by atoms with E-state index >= 15 is 0 Å². The summed E-state index contributed by atoms with van der Waals surface area (Å²) < 4.78 is 0. The summed E-state index contributed by atoms with van der Waals surface area (Å²) in [5.41, 5.74) is 1.51.